The second-order valence-electron chi connectivity index (χ2n) is 7.28. The normalized spacial score (nSPS) is 10.6. The molecule has 0 unspecified atom stereocenters. The van der Waals surface area contributed by atoms with Gasteiger partial charge in [0.15, 0.2) is 12.4 Å². The Hall–Kier alpha value is -3.91. The van der Waals surface area contributed by atoms with Crippen molar-refractivity contribution in [1.82, 2.24) is 14.8 Å². The highest BCUT2D eigenvalue weighted by molar-refractivity contribution is 7.99. The molecule has 0 atom stereocenters. The van der Waals surface area contributed by atoms with Crippen LogP contribution in [0.2, 0.25) is 0 Å². The van der Waals surface area contributed by atoms with Gasteiger partial charge >= 0.3 is 5.97 Å². The van der Waals surface area contributed by atoms with E-state index in [1.54, 1.807) is 28.6 Å². The van der Waals surface area contributed by atoms with Crippen LogP contribution >= 0.6 is 11.8 Å². The molecule has 0 aliphatic rings. The number of amides is 1. The van der Waals surface area contributed by atoms with E-state index in [-0.39, 0.29) is 5.56 Å². The first-order valence-electron chi connectivity index (χ1n) is 10.3. The molecule has 7 nitrogen and oxygen atoms in total. The number of benzene rings is 2. The van der Waals surface area contributed by atoms with Crippen LogP contribution in [-0.2, 0) is 9.53 Å². The molecule has 4 rings (SSSR count). The number of hydrogen-bond donors (Lipinski definition) is 1. The van der Waals surface area contributed by atoms with Crippen molar-refractivity contribution in [2.75, 3.05) is 11.9 Å². The van der Waals surface area contributed by atoms with Gasteiger partial charge in [0.2, 0.25) is 0 Å². The van der Waals surface area contributed by atoms with Crippen molar-refractivity contribution in [3.05, 3.63) is 95.9 Å². The summed E-state index contributed by atoms with van der Waals surface area (Å²) in [4.78, 5) is 31.0. The number of nitrogens with one attached hydrogen (secondary N) is 1. The average molecular weight is 459 g/mol. The summed E-state index contributed by atoms with van der Waals surface area (Å²) < 4.78 is 6.87. The van der Waals surface area contributed by atoms with Crippen molar-refractivity contribution >= 4 is 29.3 Å². The predicted molar refractivity (Wildman–Crippen MR) is 127 cm³/mol. The topological polar surface area (TPSA) is 86.1 Å². The van der Waals surface area contributed by atoms with Crippen molar-refractivity contribution in [2.24, 2.45) is 0 Å². The van der Waals surface area contributed by atoms with E-state index in [1.165, 1.54) is 6.20 Å². The minimum Gasteiger partial charge on any atom is -0.452 e. The van der Waals surface area contributed by atoms with E-state index in [4.69, 9.17) is 4.74 Å². The van der Waals surface area contributed by atoms with Gasteiger partial charge in [-0.15, -0.1) is 0 Å². The summed E-state index contributed by atoms with van der Waals surface area (Å²) in [5.41, 5.74) is 2.74. The highest BCUT2D eigenvalue weighted by Crippen LogP contribution is 2.33. The van der Waals surface area contributed by atoms with E-state index >= 15 is 0 Å². The van der Waals surface area contributed by atoms with Crippen molar-refractivity contribution in [3.8, 4) is 5.82 Å². The van der Waals surface area contributed by atoms with E-state index in [0.29, 0.717) is 11.5 Å². The Bertz CT molecular complexity index is 1270. The Morgan fingerprint density at radius 1 is 1.00 bits per heavy atom. The van der Waals surface area contributed by atoms with Crippen molar-refractivity contribution in [1.29, 1.82) is 0 Å². The van der Waals surface area contributed by atoms with Gasteiger partial charge in [-0.1, -0.05) is 42.1 Å². The number of anilines is 1. The largest absolute Gasteiger partial charge is 0.452 e. The number of ether oxygens (including phenoxy) is 1. The van der Waals surface area contributed by atoms with Crippen LogP contribution in [0.5, 0.6) is 0 Å². The van der Waals surface area contributed by atoms with E-state index in [1.807, 2.05) is 74.5 Å². The molecular formula is C25H22N4O3S. The summed E-state index contributed by atoms with van der Waals surface area (Å²) in [5.74, 6) is -0.441. The van der Waals surface area contributed by atoms with Crippen LogP contribution in [-0.4, -0.2) is 33.2 Å². The quantitative estimate of drug-likeness (QED) is 0.399. The molecule has 33 heavy (non-hydrogen) atoms. The minimum absolute atomic E-state index is 0.258. The molecular weight excluding hydrogens is 436 g/mol. The third-order valence-electron chi connectivity index (χ3n) is 4.68. The number of nitrogens with zero attached hydrogens (tertiary/aromatic N) is 3. The Morgan fingerprint density at radius 3 is 2.45 bits per heavy atom. The van der Waals surface area contributed by atoms with Gasteiger partial charge in [0.1, 0.15) is 0 Å². The first-order valence-corrected chi connectivity index (χ1v) is 11.1. The van der Waals surface area contributed by atoms with Gasteiger partial charge in [0, 0.05) is 21.7 Å². The van der Waals surface area contributed by atoms with E-state index in [9.17, 15) is 9.59 Å². The van der Waals surface area contributed by atoms with E-state index < -0.39 is 18.5 Å². The molecule has 2 heterocycles. The second kappa shape index (κ2) is 10.1. The zero-order chi connectivity index (χ0) is 23.2. The van der Waals surface area contributed by atoms with E-state index in [2.05, 4.69) is 15.4 Å². The molecule has 1 N–H and O–H groups in total. The third-order valence-corrected chi connectivity index (χ3v) is 5.76. The molecule has 0 bridgehead atoms. The maximum atomic E-state index is 12.4. The SMILES string of the molecule is Cc1cc(C)n(-c2ccc(C(=O)OCC(=O)Nc3ccccc3Sc3ccccc3)cn2)n1. The number of carbonyl (C=O) groups is 2. The molecule has 0 saturated carbocycles. The Balaban J connectivity index is 1.35. The first kappa shape index (κ1) is 22.3. The molecule has 2 aromatic carbocycles. The number of rotatable bonds is 7. The lowest BCUT2D eigenvalue weighted by Gasteiger charge is -2.11. The Morgan fingerprint density at radius 2 is 1.76 bits per heavy atom. The average Bonchev–Trinajstić information content (AvgIpc) is 3.17. The van der Waals surface area contributed by atoms with Gasteiger partial charge in [0.25, 0.3) is 5.91 Å². The van der Waals surface area contributed by atoms with Crippen LogP contribution in [0.3, 0.4) is 0 Å². The third kappa shape index (κ3) is 5.67. The summed E-state index contributed by atoms with van der Waals surface area (Å²) in [6.07, 6.45) is 1.41. The molecule has 1 amide bonds. The van der Waals surface area contributed by atoms with Crippen LogP contribution < -0.4 is 5.32 Å². The first-order chi connectivity index (χ1) is 16.0. The molecule has 0 aliphatic carbocycles. The van der Waals surface area contributed by atoms with Crippen LogP contribution in [0.4, 0.5) is 5.69 Å². The zero-order valence-corrected chi connectivity index (χ0v) is 19.0. The molecule has 0 radical (unpaired) electrons. The number of aryl methyl sites for hydroxylation is 2. The number of para-hydroxylation sites is 1. The zero-order valence-electron chi connectivity index (χ0n) is 18.2. The van der Waals surface area contributed by atoms with Crippen molar-refractivity contribution in [2.45, 2.75) is 23.6 Å². The monoisotopic (exact) mass is 458 g/mol. The van der Waals surface area contributed by atoms with Crippen molar-refractivity contribution < 1.29 is 14.3 Å². The molecule has 0 fully saturated rings. The lowest BCUT2D eigenvalue weighted by atomic mass is 10.3. The molecule has 0 aliphatic heterocycles. The highest BCUT2D eigenvalue weighted by Gasteiger charge is 2.14. The number of aromatic nitrogens is 3. The molecule has 8 heteroatoms. The predicted octanol–water partition coefficient (Wildman–Crippen LogP) is 4.83. The molecule has 166 valence electrons. The van der Waals surface area contributed by atoms with Gasteiger partial charge < -0.3 is 10.1 Å². The molecule has 2 aromatic heterocycles. The summed E-state index contributed by atoms with van der Waals surface area (Å²) in [5, 5.41) is 7.18. The summed E-state index contributed by atoms with van der Waals surface area (Å²) in [7, 11) is 0. The fraction of sp³-hybridized carbons (Fsp3) is 0.120. The Kier molecular flexibility index (Phi) is 6.85. The molecule has 0 spiro atoms. The van der Waals surface area contributed by atoms with Crippen molar-refractivity contribution in [3.63, 3.8) is 0 Å². The smallest absolute Gasteiger partial charge is 0.340 e. The maximum absolute atomic E-state index is 12.4. The summed E-state index contributed by atoms with van der Waals surface area (Å²) >= 11 is 1.54. The summed E-state index contributed by atoms with van der Waals surface area (Å²) in [6.45, 7) is 3.43. The van der Waals surface area contributed by atoms with Gasteiger partial charge in [0.05, 0.1) is 16.9 Å². The fourth-order valence-electron chi connectivity index (χ4n) is 3.17. The lowest BCUT2D eigenvalue weighted by Crippen LogP contribution is -2.21. The minimum atomic E-state index is -0.621. The Labute approximate surface area is 195 Å². The molecule has 0 saturated heterocycles. The van der Waals surface area contributed by atoms with Gasteiger partial charge in [-0.25, -0.2) is 14.5 Å². The molecule has 4 aromatic rings. The number of carbonyl (C=O) groups excluding carboxylic acids is 2. The standard InChI is InChI=1S/C25H22N4O3S/c1-17-14-18(2)29(28-17)23-13-12-19(15-26-23)25(31)32-16-24(30)27-21-10-6-7-11-22(21)33-20-8-4-3-5-9-20/h3-15H,16H2,1-2H3,(H,27,30). The maximum Gasteiger partial charge on any atom is 0.340 e. The van der Waals surface area contributed by atoms with Gasteiger partial charge in [-0.3, -0.25) is 4.79 Å². The number of pyridine rings is 1. The van der Waals surface area contributed by atoms with E-state index in [0.717, 1.165) is 21.2 Å². The van der Waals surface area contributed by atoms with Crippen LogP contribution in [0, 0.1) is 13.8 Å². The summed E-state index contributed by atoms with van der Waals surface area (Å²) in [6, 6.07) is 22.6. The number of esters is 1. The lowest BCUT2D eigenvalue weighted by molar-refractivity contribution is -0.119. The fourth-order valence-corrected chi connectivity index (χ4v) is 4.09. The van der Waals surface area contributed by atoms with Crippen LogP contribution in [0.15, 0.2) is 88.8 Å². The number of hydrogen-bond acceptors (Lipinski definition) is 6. The van der Waals surface area contributed by atoms with Crippen LogP contribution in [0.1, 0.15) is 21.7 Å². The highest BCUT2D eigenvalue weighted by atomic mass is 32.2. The van der Waals surface area contributed by atoms with Gasteiger partial charge in [-0.05, 0) is 56.3 Å². The van der Waals surface area contributed by atoms with Crippen LogP contribution in [0.25, 0.3) is 5.82 Å². The second-order valence-corrected chi connectivity index (χ2v) is 8.39. The van der Waals surface area contributed by atoms with Gasteiger partial charge in [-0.2, -0.15) is 5.10 Å².